The minimum absolute atomic E-state index is 0.163. The molecular weight excluding hydrogens is 176 g/mol. The molecule has 1 atom stereocenters. The van der Waals surface area contributed by atoms with Crippen LogP contribution in [0, 0.1) is 10.8 Å². The van der Waals surface area contributed by atoms with Crippen LogP contribution in [-0.2, 0) is 4.79 Å². The third-order valence-electron chi connectivity index (χ3n) is 2.18. The van der Waals surface area contributed by atoms with Crippen LogP contribution >= 0.6 is 0 Å². The maximum absolute atomic E-state index is 10.9. The highest BCUT2D eigenvalue weighted by molar-refractivity contribution is 5.67. The van der Waals surface area contributed by atoms with E-state index in [1.807, 2.05) is 0 Å². The smallest absolute Gasteiger partial charge is 0.294 e. The summed E-state index contributed by atoms with van der Waals surface area (Å²) in [5.74, 6) is -0.367. The van der Waals surface area contributed by atoms with Crippen molar-refractivity contribution in [3.8, 4) is 0 Å². The Morgan fingerprint density at radius 1 is 1.69 bits per heavy atom. The molecule has 13 heavy (non-hydrogen) atoms. The third-order valence-corrected chi connectivity index (χ3v) is 2.18. The van der Waals surface area contributed by atoms with Crippen LogP contribution in [0.15, 0.2) is 5.29 Å². The van der Waals surface area contributed by atoms with E-state index in [0.717, 1.165) is 12.8 Å². The zero-order valence-electron chi connectivity index (χ0n) is 7.22. The molecule has 1 aliphatic rings. The summed E-state index contributed by atoms with van der Waals surface area (Å²) in [6.07, 6.45) is 1.50. The van der Waals surface area contributed by atoms with Gasteiger partial charge < -0.3 is 0 Å². The first-order valence-corrected chi connectivity index (χ1v) is 4.08. The molecule has 0 aromatic carbocycles. The number of carbonyl (C=O) groups excluding carboxylic acids is 1. The number of rotatable bonds is 3. The lowest BCUT2D eigenvalue weighted by Crippen LogP contribution is -2.63. The van der Waals surface area contributed by atoms with Gasteiger partial charge in [0.05, 0.1) is 11.2 Å². The molecule has 1 aliphatic heterocycles. The fourth-order valence-corrected chi connectivity index (χ4v) is 1.43. The molecule has 1 amide bonds. The Bertz CT molecular complexity index is 210. The quantitative estimate of drug-likeness (QED) is 0.427. The molecule has 1 rings (SSSR count). The van der Waals surface area contributed by atoms with Gasteiger partial charge in [0.25, 0.3) is 0 Å². The molecule has 0 saturated carbocycles. The predicted octanol–water partition coefficient (Wildman–Crippen LogP) is -1.25. The van der Waals surface area contributed by atoms with Crippen LogP contribution in [0.3, 0.4) is 0 Å². The molecule has 1 fully saturated rings. The van der Waals surface area contributed by atoms with Crippen molar-refractivity contribution in [3.05, 3.63) is 4.91 Å². The van der Waals surface area contributed by atoms with E-state index in [2.05, 4.69) is 11.0 Å². The molecule has 0 radical (unpaired) electrons. The fourth-order valence-electron chi connectivity index (χ4n) is 1.43. The van der Waals surface area contributed by atoms with Gasteiger partial charge in [-0.05, 0) is 12.8 Å². The van der Waals surface area contributed by atoms with E-state index < -0.39 is 0 Å². The number of hydrogen-bond donors (Lipinski definition) is 2. The molecular formula is C6H13N4O3+. The normalized spacial score (nSPS) is 24.0. The van der Waals surface area contributed by atoms with Crippen LogP contribution in [0.25, 0.3) is 0 Å². The Morgan fingerprint density at radius 2 is 2.38 bits per heavy atom. The number of hydrogen-bond acceptors (Lipinski definition) is 5. The number of carbonyl (C=O) groups is 1. The van der Waals surface area contributed by atoms with E-state index in [4.69, 9.17) is 5.21 Å². The summed E-state index contributed by atoms with van der Waals surface area (Å²) >= 11 is 0. The lowest BCUT2D eigenvalue weighted by Gasteiger charge is -2.30. The van der Waals surface area contributed by atoms with Crippen molar-refractivity contribution >= 4 is 5.91 Å². The first-order valence-electron chi connectivity index (χ1n) is 4.08. The van der Waals surface area contributed by atoms with Gasteiger partial charge in [0.2, 0.25) is 0 Å². The summed E-state index contributed by atoms with van der Waals surface area (Å²) in [4.78, 5) is 20.9. The molecule has 0 spiro atoms. The molecule has 7 heteroatoms. The van der Waals surface area contributed by atoms with Crippen molar-refractivity contribution in [2.24, 2.45) is 11.2 Å². The van der Waals surface area contributed by atoms with Gasteiger partial charge in [0.15, 0.2) is 0 Å². The number of quaternary nitrogens is 1. The topological polar surface area (TPSA) is 101 Å². The minimum atomic E-state index is -0.204. The number of piperidine rings is 1. The number of nitroso groups, excluding NO2 is 1. The van der Waals surface area contributed by atoms with Gasteiger partial charge in [0, 0.05) is 13.1 Å². The molecule has 0 bridgehead atoms. The third kappa shape index (κ3) is 2.44. The van der Waals surface area contributed by atoms with Crippen LogP contribution < -0.4 is 5.73 Å². The summed E-state index contributed by atoms with van der Waals surface area (Å²) in [6, 6.07) is 0. The van der Waals surface area contributed by atoms with Gasteiger partial charge in [-0.15, -0.1) is 4.91 Å². The van der Waals surface area contributed by atoms with Crippen LogP contribution in [-0.4, -0.2) is 34.5 Å². The van der Waals surface area contributed by atoms with Crippen molar-refractivity contribution in [2.75, 3.05) is 13.1 Å². The second-order valence-electron chi connectivity index (χ2n) is 3.07. The van der Waals surface area contributed by atoms with Gasteiger partial charge in [0.1, 0.15) is 0 Å². The van der Waals surface area contributed by atoms with Crippen molar-refractivity contribution in [3.63, 3.8) is 0 Å². The van der Waals surface area contributed by atoms with Crippen molar-refractivity contribution in [1.29, 1.82) is 0 Å². The molecule has 0 aliphatic carbocycles. The first-order chi connectivity index (χ1) is 6.15. The molecule has 74 valence electrons. The monoisotopic (exact) mass is 189 g/mol. The lowest BCUT2D eigenvalue weighted by atomic mass is 9.99. The molecule has 7 nitrogen and oxygen atoms in total. The number of hydrazine groups is 1. The highest BCUT2D eigenvalue weighted by Gasteiger charge is 2.29. The SMILES string of the molecule is [NH3+]C(=O)C1CCCN(N(O)N=O)C1. The molecule has 4 N–H and O–H groups in total. The lowest BCUT2D eigenvalue weighted by molar-refractivity contribution is -0.318. The van der Waals surface area contributed by atoms with E-state index in [0.29, 0.717) is 13.1 Å². The van der Waals surface area contributed by atoms with Gasteiger partial charge >= 0.3 is 5.91 Å². The standard InChI is InChI=1S/C6H12N4O3/c7-6(11)5-2-1-3-9(4-5)10(13)8-12/h5,13H,1-4H2,(H2,7,11)/p+1. The highest BCUT2D eigenvalue weighted by atomic mass is 16.6. The molecule has 0 aromatic heterocycles. The van der Waals surface area contributed by atoms with E-state index in [9.17, 15) is 9.70 Å². The maximum Gasteiger partial charge on any atom is 0.313 e. The number of nitrogens with zero attached hydrogens (tertiary/aromatic N) is 3. The summed E-state index contributed by atoms with van der Waals surface area (Å²) in [7, 11) is 0. The van der Waals surface area contributed by atoms with Crippen LogP contribution in [0.1, 0.15) is 12.8 Å². The Kier molecular flexibility index (Phi) is 3.29. The first kappa shape index (κ1) is 10.0. The average Bonchev–Trinajstić information content (AvgIpc) is 2.17. The highest BCUT2D eigenvalue weighted by Crippen LogP contribution is 2.16. The zero-order valence-corrected chi connectivity index (χ0v) is 7.22. The molecule has 0 aromatic rings. The Morgan fingerprint density at radius 3 is 2.92 bits per heavy atom. The molecule has 1 unspecified atom stereocenters. The Hall–Kier alpha value is -1.05. The predicted molar refractivity (Wildman–Crippen MR) is 41.6 cm³/mol. The van der Waals surface area contributed by atoms with Crippen LogP contribution in [0.2, 0.25) is 0 Å². The van der Waals surface area contributed by atoms with Gasteiger partial charge in [-0.25, -0.2) is 4.79 Å². The largest absolute Gasteiger partial charge is 0.313 e. The van der Waals surface area contributed by atoms with Crippen molar-refractivity contribution < 1.29 is 15.7 Å². The summed E-state index contributed by atoms with van der Waals surface area (Å²) in [5.41, 5.74) is 3.31. The van der Waals surface area contributed by atoms with E-state index in [1.165, 1.54) is 5.01 Å². The Balaban J connectivity index is 2.50. The second kappa shape index (κ2) is 4.26. The minimum Gasteiger partial charge on any atom is -0.294 e. The Labute approximate surface area is 75.0 Å². The second-order valence-corrected chi connectivity index (χ2v) is 3.07. The maximum atomic E-state index is 10.9. The summed E-state index contributed by atoms with van der Waals surface area (Å²) in [6.45, 7) is 0.844. The average molecular weight is 189 g/mol. The van der Waals surface area contributed by atoms with Crippen LogP contribution in [0.4, 0.5) is 0 Å². The van der Waals surface area contributed by atoms with Gasteiger partial charge in [-0.1, -0.05) is 5.28 Å². The van der Waals surface area contributed by atoms with E-state index >= 15 is 0 Å². The molecule has 1 heterocycles. The van der Waals surface area contributed by atoms with E-state index in [1.54, 1.807) is 0 Å². The van der Waals surface area contributed by atoms with E-state index in [-0.39, 0.29) is 17.1 Å². The fraction of sp³-hybridized carbons (Fsp3) is 0.833. The van der Waals surface area contributed by atoms with Crippen molar-refractivity contribution in [1.82, 2.24) is 10.3 Å². The van der Waals surface area contributed by atoms with Crippen molar-refractivity contribution in [2.45, 2.75) is 12.8 Å². The summed E-state index contributed by atoms with van der Waals surface area (Å²) in [5, 5.41) is 12.8. The zero-order chi connectivity index (χ0) is 9.84. The van der Waals surface area contributed by atoms with Gasteiger partial charge in [-0.2, -0.15) is 5.01 Å². The summed E-state index contributed by atoms with van der Waals surface area (Å²) < 4.78 is 0. The van der Waals surface area contributed by atoms with Crippen LogP contribution in [0.5, 0.6) is 0 Å². The van der Waals surface area contributed by atoms with Gasteiger partial charge in [-0.3, -0.25) is 10.9 Å². The molecule has 1 saturated heterocycles. The number of amides is 1.